The maximum absolute atomic E-state index is 5.73. The number of halogens is 1. The zero-order valence-electron chi connectivity index (χ0n) is 11.0. The van der Waals surface area contributed by atoms with Gasteiger partial charge >= 0.3 is 0 Å². The first-order valence-corrected chi connectivity index (χ1v) is 7.11. The van der Waals surface area contributed by atoms with Gasteiger partial charge in [-0.2, -0.15) is 5.10 Å². The number of rotatable bonds is 3. The van der Waals surface area contributed by atoms with Crippen molar-refractivity contribution in [2.45, 2.75) is 6.04 Å². The number of hydrogen-bond acceptors (Lipinski definition) is 3. The minimum absolute atomic E-state index is 0.0736. The fourth-order valence-corrected chi connectivity index (χ4v) is 2.81. The van der Waals surface area contributed by atoms with Crippen LogP contribution in [-0.2, 0) is 7.05 Å². The molecular formula is C15H15BrN4. The van der Waals surface area contributed by atoms with E-state index in [9.17, 15) is 0 Å². The predicted molar refractivity (Wildman–Crippen MR) is 84.0 cm³/mol. The van der Waals surface area contributed by atoms with E-state index in [0.29, 0.717) is 0 Å². The standard InChI is InChI=1S/C15H15BrN4/c1-20-14(6-7-18-20)15(19-17)12-3-2-11-9-13(16)5-4-10(11)8-12/h2-9,15,19H,17H2,1H3. The van der Waals surface area contributed by atoms with E-state index >= 15 is 0 Å². The lowest BCUT2D eigenvalue weighted by molar-refractivity contribution is 0.575. The van der Waals surface area contributed by atoms with Crippen molar-refractivity contribution in [1.29, 1.82) is 0 Å². The second-order valence-electron chi connectivity index (χ2n) is 4.73. The third-order valence-electron chi connectivity index (χ3n) is 3.48. The van der Waals surface area contributed by atoms with Crippen LogP contribution in [0.5, 0.6) is 0 Å². The van der Waals surface area contributed by atoms with Gasteiger partial charge in [0.15, 0.2) is 0 Å². The fourth-order valence-electron chi connectivity index (χ4n) is 2.43. The fraction of sp³-hybridized carbons (Fsp3) is 0.133. The minimum atomic E-state index is -0.0736. The van der Waals surface area contributed by atoms with Crippen molar-refractivity contribution in [2.75, 3.05) is 0 Å². The highest BCUT2D eigenvalue weighted by atomic mass is 79.9. The maximum Gasteiger partial charge on any atom is 0.0878 e. The highest BCUT2D eigenvalue weighted by Crippen LogP contribution is 2.26. The van der Waals surface area contributed by atoms with Crippen LogP contribution in [0.15, 0.2) is 53.1 Å². The Bertz CT molecular complexity index is 750. The summed E-state index contributed by atoms with van der Waals surface area (Å²) in [6, 6.07) is 14.5. The summed E-state index contributed by atoms with van der Waals surface area (Å²) >= 11 is 3.49. The lowest BCUT2D eigenvalue weighted by Gasteiger charge is -2.17. The van der Waals surface area contributed by atoms with Gasteiger partial charge in [0.1, 0.15) is 0 Å². The number of nitrogens with one attached hydrogen (secondary N) is 1. The van der Waals surface area contributed by atoms with E-state index in [1.54, 1.807) is 6.20 Å². The van der Waals surface area contributed by atoms with Gasteiger partial charge in [-0.25, -0.2) is 5.43 Å². The Morgan fingerprint density at radius 3 is 2.60 bits per heavy atom. The quantitative estimate of drug-likeness (QED) is 0.573. The molecule has 0 radical (unpaired) electrons. The van der Waals surface area contributed by atoms with E-state index in [-0.39, 0.29) is 6.04 Å². The maximum atomic E-state index is 5.73. The Balaban J connectivity index is 2.08. The molecule has 3 N–H and O–H groups in total. The van der Waals surface area contributed by atoms with Crippen molar-refractivity contribution in [3.05, 3.63) is 64.4 Å². The molecule has 20 heavy (non-hydrogen) atoms. The first kappa shape index (κ1) is 13.3. The van der Waals surface area contributed by atoms with Crippen LogP contribution in [0.2, 0.25) is 0 Å². The Kier molecular flexibility index (Phi) is 3.56. The van der Waals surface area contributed by atoms with Gasteiger partial charge in [-0.3, -0.25) is 10.5 Å². The summed E-state index contributed by atoms with van der Waals surface area (Å²) in [5.41, 5.74) is 5.02. The molecule has 3 rings (SSSR count). The third-order valence-corrected chi connectivity index (χ3v) is 3.97. The van der Waals surface area contributed by atoms with Crippen molar-refractivity contribution in [3.63, 3.8) is 0 Å². The lowest BCUT2D eigenvalue weighted by Crippen LogP contribution is -2.30. The molecule has 0 bridgehead atoms. The van der Waals surface area contributed by atoms with Gasteiger partial charge in [-0.15, -0.1) is 0 Å². The molecular weight excluding hydrogens is 316 g/mol. The zero-order chi connectivity index (χ0) is 14.1. The summed E-state index contributed by atoms with van der Waals surface area (Å²) in [7, 11) is 1.91. The highest BCUT2D eigenvalue weighted by molar-refractivity contribution is 9.10. The Morgan fingerprint density at radius 2 is 1.90 bits per heavy atom. The van der Waals surface area contributed by atoms with E-state index in [0.717, 1.165) is 15.7 Å². The molecule has 1 atom stereocenters. The van der Waals surface area contributed by atoms with Crippen molar-refractivity contribution in [2.24, 2.45) is 12.9 Å². The molecule has 3 aromatic rings. The average Bonchev–Trinajstić information content (AvgIpc) is 2.86. The smallest absolute Gasteiger partial charge is 0.0878 e. The normalized spacial score (nSPS) is 12.8. The number of aryl methyl sites for hydroxylation is 1. The van der Waals surface area contributed by atoms with Crippen molar-refractivity contribution >= 4 is 26.7 Å². The van der Waals surface area contributed by atoms with Crippen molar-refractivity contribution < 1.29 is 0 Å². The second-order valence-corrected chi connectivity index (χ2v) is 5.65. The Morgan fingerprint density at radius 1 is 1.15 bits per heavy atom. The van der Waals surface area contributed by atoms with Gasteiger partial charge in [-0.1, -0.05) is 34.1 Å². The molecule has 1 unspecified atom stereocenters. The van der Waals surface area contributed by atoms with Crippen LogP contribution in [0.25, 0.3) is 10.8 Å². The summed E-state index contributed by atoms with van der Waals surface area (Å²) in [5, 5.41) is 6.59. The van der Waals surface area contributed by atoms with Gasteiger partial charge in [0, 0.05) is 17.7 Å². The predicted octanol–water partition coefficient (Wildman–Crippen LogP) is 2.89. The monoisotopic (exact) mass is 330 g/mol. The first-order chi connectivity index (χ1) is 9.69. The van der Waals surface area contributed by atoms with Crippen LogP contribution < -0.4 is 11.3 Å². The average molecular weight is 331 g/mol. The Labute approximate surface area is 125 Å². The molecule has 0 aliphatic carbocycles. The number of nitrogens with two attached hydrogens (primary N) is 1. The molecule has 0 fully saturated rings. The largest absolute Gasteiger partial charge is 0.271 e. The van der Waals surface area contributed by atoms with Gasteiger partial charge in [0.25, 0.3) is 0 Å². The number of benzene rings is 2. The van der Waals surface area contributed by atoms with Crippen LogP contribution in [0.4, 0.5) is 0 Å². The molecule has 102 valence electrons. The number of fused-ring (bicyclic) bond motifs is 1. The van der Waals surface area contributed by atoms with Gasteiger partial charge in [0.2, 0.25) is 0 Å². The van der Waals surface area contributed by atoms with Crippen molar-refractivity contribution in [3.8, 4) is 0 Å². The highest BCUT2D eigenvalue weighted by Gasteiger charge is 2.15. The molecule has 0 saturated heterocycles. The van der Waals surface area contributed by atoms with Crippen LogP contribution >= 0.6 is 15.9 Å². The molecule has 0 amide bonds. The van der Waals surface area contributed by atoms with Crippen LogP contribution in [0.1, 0.15) is 17.3 Å². The molecule has 0 saturated carbocycles. The van der Waals surface area contributed by atoms with E-state index in [2.05, 4.69) is 56.8 Å². The number of hydrogen-bond donors (Lipinski definition) is 2. The van der Waals surface area contributed by atoms with E-state index in [4.69, 9.17) is 5.84 Å². The molecule has 1 heterocycles. The molecule has 0 spiro atoms. The third kappa shape index (κ3) is 2.35. The first-order valence-electron chi connectivity index (χ1n) is 6.32. The van der Waals surface area contributed by atoms with Gasteiger partial charge < -0.3 is 0 Å². The van der Waals surface area contributed by atoms with E-state index < -0.39 is 0 Å². The van der Waals surface area contributed by atoms with Gasteiger partial charge in [0.05, 0.1) is 11.7 Å². The molecule has 0 aliphatic rings. The summed E-state index contributed by atoms with van der Waals surface area (Å²) in [6.07, 6.45) is 1.78. The summed E-state index contributed by atoms with van der Waals surface area (Å²) in [5.74, 6) is 5.73. The second kappa shape index (κ2) is 5.36. The molecule has 5 heteroatoms. The molecule has 1 aromatic heterocycles. The summed E-state index contributed by atoms with van der Waals surface area (Å²) in [6.45, 7) is 0. The number of nitrogens with zero attached hydrogens (tertiary/aromatic N) is 2. The minimum Gasteiger partial charge on any atom is -0.271 e. The van der Waals surface area contributed by atoms with Gasteiger partial charge in [-0.05, 0) is 40.6 Å². The SMILES string of the molecule is Cn1nccc1C(NN)c1ccc2cc(Br)ccc2c1. The molecule has 2 aromatic carbocycles. The van der Waals surface area contributed by atoms with E-state index in [1.807, 2.05) is 23.9 Å². The van der Waals surface area contributed by atoms with E-state index in [1.165, 1.54) is 10.8 Å². The lowest BCUT2D eigenvalue weighted by atomic mass is 10.00. The van der Waals surface area contributed by atoms with Crippen LogP contribution in [0.3, 0.4) is 0 Å². The van der Waals surface area contributed by atoms with Crippen molar-refractivity contribution in [1.82, 2.24) is 15.2 Å². The molecule has 0 aliphatic heterocycles. The summed E-state index contributed by atoms with van der Waals surface area (Å²) in [4.78, 5) is 0. The van der Waals surface area contributed by atoms with Crippen LogP contribution in [0, 0.1) is 0 Å². The topological polar surface area (TPSA) is 55.9 Å². The summed E-state index contributed by atoms with van der Waals surface area (Å²) < 4.78 is 2.91. The molecule has 4 nitrogen and oxygen atoms in total. The number of hydrazine groups is 1. The van der Waals surface area contributed by atoms with Crippen LogP contribution in [-0.4, -0.2) is 9.78 Å². The number of aromatic nitrogens is 2. The Hall–Kier alpha value is -1.69. The zero-order valence-corrected chi connectivity index (χ0v) is 12.6.